The lowest BCUT2D eigenvalue weighted by Gasteiger charge is -2.10. The van der Waals surface area contributed by atoms with Crippen LogP contribution in [-0.4, -0.2) is 39.7 Å². The molecular weight excluding hydrogens is 342 g/mol. The number of rotatable bonds is 3. The van der Waals surface area contributed by atoms with Crippen LogP contribution in [0.4, 0.5) is 0 Å². The summed E-state index contributed by atoms with van der Waals surface area (Å²) in [6.45, 7) is 5.14. The molecule has 0 bridgehead atoms. The van der Waals surface area contributed by atoms with Crippen LogP contribution in [0.5, 0.6) is 5.75 Å². The van der Waals surface area contributed by atoms with Crippen molar-refractivity contribution < 1.29 is 13.5 Å². The summed E-state index contributed by atoms with van der Waals surface area (Å²) in [6.07, 6.45) is 3.41. The third kappa shape index (κ3) is 2.75. The number of fused-ring (bicyclic) bond motifs is 3. The van der Waals surface area contributed by atoms with E-state index in [1.807, 2.05) is 29.3 Å². The minimum absolute atomic E-state index is 0.157. The quantitative estimate of drug-likeness (QED) is 0.664. The number of nitrogens with zero attached hydrogens (tertiary/aromatic N) is 5. The Morgan fingerprint density at radius 2 is 2.16 bits per heavy atom. The van der Waals surface area contributed by atoms with Gasteiger partial charge in [0.1, 0.15) is 30.2 Å². The van der Waals surface area contributed by atoms with Gasteiger partial charge in [-0.05, 0) is 43.1 Å². The Labute approximate surface area is 146 Å². The van der Waals surface area contributed by atoms with Crippen LogP contribution >= 0.6 is 0 Å². The Kier molecular flexibility index (Phi) is 3.89. The van der Waals surface area contributed by atoms with Crippen LogP contribution in [0.2, 0.25) is 0 Å². The average molecular weight is 358 g/mol. The molecule has 0 spiro atoms. The fraction of sp³-hybridized carbons (Fsp3) is 0.312. The largest absolute Gasteiger partial charge is 0.768 e. The summed E-state index contributed by atoms with van der Waals surface area (Å²) >= 11 is -2.31. The summed E-state index contributed by atoms with van der Waals surface area (Å²) < 4.78 is 32.1. The molecule has 25 heavy (non-hydrogen) atoms. The monoisotopic (exact) mass is 358 g/mol. The molecule has 1 aliphatic heterocycles. The normalized spacial score (nSPS) is 14.6. The summed E-state index contributed by atoms with van der Waals surface area (Å²) in [6, 6.07) is 4.93. The summed E-state index contributed by atoms with van der Waals surface area (Å²) in [5, 5.41) is 4.25. The lowest BCUT2D eigenvalue weighted by molar-refractivity contribution is 0.306. The fourth-order valence-electron chi connectivity index (χ4n) is 2.89. The molecule has 0 saturated carbocycles. The molecule has 9 heteroatoms. The van der Waals surface area contributed by atoms with Crippen LogP contribution in [0.3, 0.4) is 0 Å². The molecule has 0 N–H and O–H groups in total. The van der Waals surface area contributed by atoms with Crippen LogP contribution in [0.1, 0.15) is 19.9 Å². The van der Waals surface area contributed by atoms with Gasteiger partial charge in [-0.1, -0.05) is 0 Å². The van der Waals surface area contributed by atoms with E-state index in [0.29, 0.717) is 41.8 Å². The number of hydrogen-bond acceptors (Lipinski definition) is 6. The molecule has 0 fully saturated rings. The van der Waals surface area contributed by atoms with E-state index >= 15 is 0 Å². The summed E-state index contributed by atoms with van der Waals surface area (Å²) in [5.41, 5.74) is 1.35. The number of hydrogen-bond donors (Lipinski definition) is 0. The molecule has 0 amide bonds. The van der Waals surface area contributed by atoms with E-state index in [4.69, 9.17) is 9.72 Å². The van der Waals surface area contributed by atoms with Gasteiger partial charge in [-0.15, -0.1) is 0 Å². The predicted octanol–water partition coefficient (Wildman–Crippen LogP) is 2.02. The highest BCUT2D eigenvalue weighted by atomic mass is 32.2. The molecular formula is C16H16N5O3S-. The van der Waals surface area contributed by atoms with E-state index in [1.165, 1.54) is 12.4 Å². The Balaban J connectivity index is 1.87. The molecule has 130 valence electrons. The minimum Gasteiger partial charge on any atom is -0.768 e. The third-order valence-corrected chi connectivity index (χ3v) is 4.68. The van der Waals surface area contributed by atoms with Crippen LogP contribution in [-0.2, 0) is 17.6 Å². The van der Waals surface area contributed by atoms with Crippen LogP contribution in [0.15, 0.2) is 35.6 Å². The molecule has 1 atom stereocenters. The maximum atomic E-state index is 11.3. The van der Waals surface area contributed by atoms with Crippen LogP contribution < -0.4 is 4.74 Å². The van der Waals surface area contributed by atoms with Crippen molar-refractivity contribution in [2.45, 2.75) is 31.3 Å². The highest BCUT2D eigenvalue weighted by Crippen LogP contribution is 2.35. The number of imidazole rings is 1. The van der Waals surface area contributed by atoms with Crippen molar-refractivity contribution in [2.75, 3.05) is 6.61 Å². The maximum absolute atomic E-state index is 11.3. The fourth-order valence-corrected chi connectivity index (χ4v) is 3.28. The molecule has 2 aromatic heterocycles. The second-order valence-corrected chi connectivity index (χ2v) is 6.95. The van der Waals surface area contributed by atoms with Gasteiger partial charge in [0.05, 0.1) is 12.1 Å². The minimum atomic E-state index is -2.31. The van der Waals surface area contributed by atoms with Gasteiger partial charge in [0, 0.05) is 17.1 Å². The number of ether oxygens (including phenoxy) is 1. The van der Waals surface area contributed by atoms with Gasteiger partial charge in [-0.25, -0.2) is 14.6 Å². The van der Waals surface area contributed by atoms with E-state index < -0.39 is 11.1 Å². The maximum Gasteiger partial charge on any atom is 0.178 e. The van der Waals surface area contributed by atoms with Gasteiger partial charge in [0.15, 0.2) is 5.82 Å². The number of aromatic nitrogens is 5. The Morgan fingerprint density at radius 3 is 2.92 bits per heavy atom. The highest BCUT2D eigenvalue weighted by Gasteiger charge is 2.22. The highest BCUT2D eigenvalue weighted by molar-refractivity contribution is 7.79. The SMILES string of the molecule is CC(C)n1ncnc1-c1cn2c(n1)-c1cc(S(=O)[O-])ccc1OCC2. The molecule has 3 aromatic rings. The van der Waals surface area contributed by atoms with Gasteiger partial charge >= 0.3 is 0 Å². The Hall–Kier alpha value is -2.52. The molecule has 0 radical (unpaired) electrons. The number of benzene rings is 1. The summed E-state index contributed by atoms with van der Waals surface area (Å²) in [4.78, 5) is 9.22. The van der Waals surface area contributed by atoms with E-state index in [0.717, 1.165) is 0 Å². The topological polar surface area (TPSA) is 97.9 Å². The third-order valence-electron chi connectivity index (χ3n) is 4.04. The van der Waals surface area contributed by atoms with E-state index in [9.17, 15) is 8.76 Å². The van der Waals surface area contributed by atoms with Crippen molar-refractivity contribution >= 4 is 11.1 Å². The zero-order valence-corrected chi connectivity index (χ0v) is 14.6. The molecule has 1 unspecified atom stereocenters. The summed E-state index contributed by atoms with van der Waals surface area (Å²) in [5.74, 6) is 1.96. The predicted molar refractivity (Wildman–Crippen MR) is 89.7 cm³/mol. The van der Waals surface area contributed by atoms with Gasteiger partial charge < -0.3 is 13.9 Å². The van der Waals surface area contributed by atoms with E-state index in [2.05, 4.69) is 10.1 Å². The first-order chi connectivity index (χ1) is 12.0. The van der Waals surface area contributed by atoms with Gasteiger partial charge in [-0.3, -0.25) is 4.21 Å². The molecule has 1 aliphatic rings. The Morgan fingerprint density at radius 1 is 1.32 bits per heavy atom. The van der Waals surface area contributed by atoms with Crippen molar-refractivity contribution in [3.8, 4) is 28.7 Å². The van der Waals surface area contributed by atoms with Crippen molar-refractivity contribution in [3.05, 3.63) is 30.7 Å². The van der Waals surface area contributed by atoms with E-state index in [-0.39, 0.29) is 10.9 Å². The van der Waals surface area contributed by atoms with E-state index in [1.54, 1.807) is 12.1 Å². The average Bonchev–Trinajstić information content (AvgIpc) is 3.18. The molecule has 3 heterocycles. The van der Waals surface area contributed by atoms with Gasteiger partial charge in [-0.2, -0.15) is 5.10 Å². The van der Waals surface area contributed by atoms with Crippen LogP contribution in [0, 0.1) is 0 Å². The van der Waals surface area contributed by atoms with Crippen molar-refractivity contribution in [1.29, 1.82) is 0 Å². The second-order valence-electron chi connectivity index (χ2n) is 6.01. The zero-order chi connectivity index (χ0) is 17.6. The summed E-state index contributed by atoms with van der Waals surface area (Å²) in [7, 11) is 0. The smallest absolute Gasteiger partial charge is 0.178 e. The van der Waals surface area contributed by atoms with Crippen LogP contribution in [0.25, 0.3) is 22.9 Å². The second kappa shape index (κ2) is 6.08. The lowest BCUT2D eigenvalue weighted by Crippen LogP contribution is -2.06. The van der Waals surface area contributed by atoms with Crippen molar-refractivity contribution in [3.63, 3.8) is 0 Å². The standard InChI is InChI=1S/C16H17N5O3S/c1-10(2)21-16(17-9-18-21)13-8-20-5-6-24-14-4-3-11(25(22)23)7-12(14)15(20)19-13/h3-4,7-10H,5-6H2,1-2H3,(H,22,23)/p-1. The van der Waals surface area contributed by atoms with Crippen molar-refractivity contribution in [1.82, 2.24) is 24.3 Å². The molecule has 8 nitrogen and oxygen atoms in total. The first-order valence-corrected chi connectivity index (χ1v) is 8.95. The first-order valence-electron chi connectivity index (χ1n) is 7.88. The van der Waals surface area contributed by atoms with Gasteiger partial charge in [0.2, 0.25) is 0 Å². The lowest BCUT2D eigenvalue weighted by atomic mass is 10.2. The Bertz CT molecular complexity index is 963. The molecule has 0 aliphatic carbocycles. The van der Waals surface area contributed by atoms with Gasteiger partial charge in [0.25, 0.3) is 0 Å². The molecule has 1 aromatic carbocycles. The molecule has 4 rings (SSSR count). The zero-order valence-electron chi connectivity index (χ0n) is 13.7. The molecule has 0 saturated heterocycles. The first kappa shape index (κ1) is 16.0. The van der Waals surface area contributed by atoms with Crippen molar-refractivity contribution in [2.24, 2.45) is 0 Å².